The van der Waals surface area contributed by atoms with E-state index in [1.54, 1.807) is 13.0 Å². The molecule has 1 unspecified atom stereocenters. The van der Waals surface area contributed by atoms with E-state index in [1.807, 2.05) is 0 Å². The number of carbonyl (C=O) groups is 2. The first-order valence-corrected chi connectivity index (χ1v) is 5.55. The van der Waals surface area contributed by atoms with Gasteiger partial charge in [0.05, 0.1) is 6.61 Å². The van der Waals surface area contributed by atoms with E-state index in [4.69, 9.17) is 4.74 Å². The van der Waals surface area contributed by atoms with Gasteiger partial charge >= 0.3 is 5.97 Å². The molecule has 1 rings (SSSR count). The molecule has 1 atom stereocenters. The highest BCUT2D eigenvalue weighted by atomic mass is 16.5. The molecule has 0 aromatic carbocycles. The van der Waals surface area contributed by atoms with Gasteiger partial charge in [0.15, 0.2) is 0 Å². The standard InChI is InChI=1S/C11H18N2O3/c1-2-16-11(15)4-3-7-12-9-5-6-10(14)13-8-9/h3-4,9,12H,2,5-8H2,1H3,(H,13,14)/b4-3+. The van der Waals surface area contributed by atoms with Gasteiger partial charge in [0.1, 0.15) is 0 Å². The SMILES string of the molecule is CCOC(=O)/C=C/CNC1CCC(=O)NC1. The molecule has 1 fully saturated rings. The largest absolute Gasteiger partial charge is 0.463 e. The van der Waals surface area contributed by atoms with Gasteiger partial charge in [0, 0.05) is 31.6 Å². The van der Waals surface area contributed by atoms with E-state index < -0.39 is 0 Å². The van der Waals surface area contributed by atoms with Crippen molar-refractivity contribution < 1.29 is 14.3 Å². The summed E-state index contributed by atoms with van der Waals surface area (Å²) in [5.74, 6) is -0.207. The maximum Gasteiger partial charge on any atom is 0.330 e. The van der Waals surface area contributed by atoms with Crippen LogP contribution < -0.4 is 10.6 Å². The fourth-order valence-electron chi connectivity index (χ4n) is 1.49. The van der Waals surface area contributed by atoms with Crippen LogP contribution in [0.3, 0.4) is 0 Å². The van der Waals surface area contributed by atoms with Crippen molar-refractivity contribution in [3.63, 3.8) is 0 Å². The van der Waals surface area contributed by atoms with Crippen LogP contribution >= 0.6 is 0 Å². The average Bonchev–Trinajstić information content (AvgIpc) is 2.27. The lowest BCUT2D eigenvalue weighted by Gasteiger charge is -2.22. The highest BCUT2D eigenvalue weighted by molar-refractivity contribution is 5.81. The van der Waals surface area contributed by atoms with E-state index in [0.717, 1.165) is 6.42 Å². The van der Waals surface area contributed by atoms with Crippen LogP contribution in [-0.2, 0) is 14.3 Å². The Morgan fingerprint density at radius 2 is 2.50 bits per heavy atom. The lowest BCUT2D eigenvalue weighted by atomic mass is 10.1. The molecule has 0 aromatic rings. The molecule has 16 heavy (non-hydrogen) atoms. The highest BCUT2D eigenvalue weighted by Gasteiger charge is 2.16. The monoisotopic (exact) mass is 226 g/mol. The molecule has 0 aromatic heterocycles. The first kappa shape index (κ1) is 12.7. The lowest BCUT2D eigenvalue weighted by Crippen LogP contribution is -2.45. The Labute approximate surface area is 95.2 Å². The maximum absolute atomic E-state index is 10.9. The summed E-state index contributed by atoms with van der Waals surface area (Å²) in [5.41, 5.74) is 0. The van der Waals surface area contributed by atoms with E-state index in [9.17, 15) is 9.59 Å². The number of rotatable bonds is 5. The van der Waals surface area contributed by atoms with Crippen molar-refractivity contribution in [1.82, 2.24) is 10.6 Å². The zero-order valence-corrected chi connectivity index (χ0v) is 9.49. The smallest absolute Gasteiger partial charge is 0.330 e. The summed E-state index contributed by atoms with van der Waals surface area (Å²) in [6.07, 6.45) is 4.56. The van der Waals surface area contributed by atoms with Crippen molar-refractivity contribution >= 4 is 11.9 Å². The normalized spacial score (nSPS) is 20.8. The molecule has 90 valence electrons. The first-order valence-electron chi connectivity index (χ1n) is 5.55. The molecule has 0 radical (unpaired) electrons. The zero-order valence-electron chi connectivity index (χ0n) is 9.49. The van der Waals surface area contributed by atoms with E-state index in [1.165, 1.54) is 6.08 Å². The van der Waals surface area contributed by atoms with Crippen molar-refractivity contribution in [2.75, 3.05) is 19.7 Å². The van der Waals surface area contributed by atoms with Gasteiger partial charge in [0.2, 0.25) is 5.91 Å². The third kappa shape index (κ3) is 4.93. The van der Waals surface area contributed by atoms with Gasteiger partial charge < -0.3 is 15.4 Å². The zero-order chi connectivity index (χ0) is 11.8. The topological polar surface area (TPSA) is 67.4 Å². The van der Waals surface area contributed by atoms with Crippen LogP contribution in [0.15, 0.2) is 12.2 Å². The molecule has 1 amide bonds. The Morgan fingerprint density at radius 3 is 3.12 bits per heavy atom. The van der Waals surface area contributed by atoms with Gasteiger partial charge in [-0.05, 0) is 13.3 Å². The first-order chi connectivity index (χ1) is 7.72. The number of hydrogen-bond acceptors (Lipinski definition) is 4. The molecule has 2 N–H and O–H groups in total. The predicted octanol–water partition coefficient (Wildman–Crippen LogP) is -0.0261. The fraction of sp³-hybridized carbons (Fsp3) is 0.636. The minimum atomic E-state index is -0.318. The predicted molar refractivity (Wildman–Crippen MR) is 59.8 cm³/mol. The number of carbonyl (C=O) groups excluding carboxylic acids is 2. The van der Waals surface area contributed by atoms with E-state index in [-0.39, 0.29) is 11.9 Å². The van der Waals surface area contributed by atoms with Gasteiger partial charge in [-0.2, -0.15) is 0 Å². The Bertz CT molecular complexity index is 266. The summed E-state index contributed by atoms with van der Waals surface area (Å²) in [7, 11) is 0. The van der Waals surface area contributed by atoms with Crippen LogP contribution in [0.4, 0.5) is 0 Å². The Balaban J connectivity index is 2.11. The van der Waals surface area contributed by atoms with Crippen molar-refractivity contribution in [2.24, 2.45) is 0 Å². The van der Waals surface area contributed by atoms with Gasteiger partial charge in [0.25, 0.3) is 0 Å². The Morgan fingerprint density at radius 1 is 1.69 bits per heavy atom. The highest BCUT2D eigenvalue weighted by Crippen LogP contribution is 2.01. The van der Waals surface area contributed by atoms with Crippen molar-refractivity contribution in [2.45, 2.75) is 25.8 Å². The van der Waals surface area contributed by atoms with Crippen molar-refractivity contribution in [3.8, 4) is 0 Å². The van der Waals surface area contributed by atoms with E-state index in [0.29, 0.717) is 32.2 Å². The van der Waals surface area contributed by atoms with Gasteiger partial charge in [-0.25, -0.2) is 4.79 Å². The quantitative estimate of drug-likeness (QED) is 0.510. The Kier molecular flexibility index (Phi) is 5.56. The second-order valence-corrected chi connectivity index (χ2v) is 3.60. The minimum absolute atomic E-state index is 0.111. The molecular formula is C11H18N2O3. The summed E-state index contributed by atoms with van der Waals surface area (Å²) in [4.78, 5) is 21.8. The summed E-state index contributed by atoms with van der Waals surface area (Å²) in [6.45, 7) is 3.44. The van der Waals surface area contributed by atoms with Crippen molar-refractivity contribution in [3.05, 3.63) is 12.2 Å². The van der Waals surface area contributed by atoms with Gasteiger partial charge in [-0.1, -0.05) is 6.08 Å². The van der Waals surface area contributed by atoms with Gasteiger partial charge in [-0.15, -0.1) is 0 Å². The molecule has 5 heteroatoms. The fourth-order valence-corrected chi connectivity index (χ4v) is 1.49. The molecule has 1 saturated heterocycles. The van der Waals surface area contributed by atoms with Crippen LogP contribution in [-0.4, -0.2) is 37.6 Å². The Hall–Kier alpha value is -1.36. The van der Waals surface area contributed by atoms with Crippen LogP contribution in [0, 0.1) is 0 Å². The van der Waals surface area contributed by atoms with E-state index >= 15 is 0 Å². The lowest BCUT2D eigenvalue weighted by molar-refractivity contribution is -0.137. The summed E-state index contributed by atoms with van der Waals surface area (Å²) in [5, 5.41) is 6.02. The van der Waals surface area contributed by atoms with Gasteiger partial charge in [-0.3, -0.25) is 4.79 Å². The number of amides is 1. The molecule has 5 nitrogen and oxygen atoms in total. The third-order valence-electron chi connectivity index (χ3n) is 2.33. The van der Waals surface area contributed by atoms with Crippen LogP contribution in [0.5, 0.6) is 0 Å². The molecular weight excluding hydrogens is 208 g/mol. The third-order valence-corrected chi connectivity index (χ3v) is 2.33. The average molecular weight is 226 g/mol. The van der Waals surface area contributed by atoms with Crippen molar-refractivity contribution in [1.29, 1.82) is 0 Å². The molecule has 1 aliphatic rings. The number of piperidine rings is 1. The van der Waals surface area contributed by atoms with Crippen LogP contribution in [0.25, 0.3) is 0 Å². The summed E-state index contributed by atoms with van der Waals surface area (Å²) < 4.78 is 4.74. The van der Waals surface area contributed by atoms with E-state index in [2.05, 4.69) is 10.6 Å². The molecule has 0 aliphatic carbocycles. The molecule has 1 aliphatic heterocycles. The second-order valence-electron chi connectivity index (χ2n) is 3.60. The number of ether oxygens (including phenoxy) is 1. The number of nitrogens with one attached hydrogen (secondary N) is 2. The number of esters is 1. The molecule has 0 bridgehead atoms. The minimum Gasteiger partial charge on any atom is -0.463 e. The summed E-state index contributed by atoms with van der Waals surface area (Å²) in [6, 6.07) is 0.296. The molecule has 0 saturated carbocycles. The summed E-state index contributed by atoms with van der Waals surface area (Å²) >= 11 is 0. The van der Waals surface area contributed by atoms with Crippen LogP contribution in [0.2, 0.25) is 0 Å². The number of hydrogen-bond donors (Lipinski definition) is 2. The van der Waals surface area contributed by atoms with Crippen LogP contribution in [0.1, 0.15) is 19.8 Å². The molecule has 1 heterocycles. The molecule has 0 spiro atoms. The maximum atomic E-state index is 10.9. The second kappa shape index (κ2) is 7.00.